The molecule has 2 rings (SSSR count). The molecule has 0 aromatic carbocycles. The number of hydrogen-bond acceptors (Lipinski definition) is 6. The van der Waals surface area contributed by atoms with Crippen LogP contribution in [0.15, 0.2) is 0 Å². The first-order valence-corrected chi connectivity index (χ1v) is 24.1. The number of ether oxygens (including phenoxy) is 3. The first-order chi connectivity index (χ1) is 26.4. The number of unbranched alkanes of at least 4 members (excludes halogenated alkanes) is 21. The van der Waals surface area contributed by atoms with Gasteiger partial charge in [0.05, 0.1) is 19.3 Å². The van der Waals surface area contributed by atoms with E-state index in [1.165, 1.54) is 161 Å². The molecule has 0 aromatic heterocycles. The summed E-state index contributed by atoms with van der Waals surface area (Å²) in [7, 11) is 0. The molecule has 0 amide bonds. The Morgan fingerprint density at radius 2 is 0.926 bits per heavy atom. The van der Waals surface area contributed by atoms with Crippen LogP contribution in [0.2, 0.25) is 0 Å². The van der Waals surface area contributed by atoms with Gasteiger partial charge in [-0.2, -0.15) is 0 Å². The monoisotopic (exact) mass is 762 g/mol. The fourth-order valence-electron chi connectivity index (χ4n) is 8.77. The molecule has 0 aromatic rings. The third kappa shape index (κ3) is 25.2. The minimum atomic E-state index is -0.0127. The summed E-state index contributed by atoms with van der Waals surface area (Å²) in [6, 6.07) is 1.21. The molecule has 1 spiro atoms. The molecule has 0 bridgehead atoms. The van der Waals surface area contributed by atoms with Gasteiger partial charge in [0.25, 0.3) is 0 Å². The third-order valence-corrected chi connectivity index (χ3v) is 12.4. The number of hydrogen-bond donors (Lipinski definition) is 1. The lowest BCUT2D eigenvalue weighted by molar-refractivity contribution is -0.168. The van der Waals surface area contributed by atoms with Gasteiger partial charge in [0, 0.05) is 30.3 Å². The summed E-state index contributed by atoms with van der Waals surface area (Å²) in [6.45, 7) is 10.8. The molecule has 2 aliphatic rings. The molecule has 1 saturated carbocycles. The molecular weight excluding hydrogens is 671 g/mol. The Hall–Kier alpha value is -1.14. The highest BCUT2D eigenvalue weighted by molar-refractivity contribution is 5.69. The molecule has 6 heteroatoms. The van der Waals surface area contributed by atoms with Crippen molar-refractivity contribution in [3.63, 3.8) is 0 Å². The van der Waals surface area contributed by atoms with E-state index < -0.39 is 0 Å². The van der Waals surface area contributed by atoms with E-state index >= 15 is 0 Å². The van der Waals surface area contributed by atoms with Gasteiger partial charge >= 0.3 is 11.9 Å². The lowest BCUT2D eigenvalue weighted by Crippen LogP contribution is -2.60. The van der Waals surface area contributed by atoms with Gasteiger partial charge in [-0.05, 0) is 84.0 Å². The van der Waals surface area contributed by atoms with E-state index in [0.29, 0.717) is 30.3 Å². The predicted molar refractivity (Wildman–Crippen MR) is 228 cm³/mol. The van der Waals surface area contributed by atoms with E-state index in [2.05, 4.69) is 33.0 Å². The van der Waals surface area contributed by atoms with Crippen LogP contribution in [-0.2, 0) is 23.8 Å². The Bertz CT molecular complexity index is 866. The molecular formula is C48H91NO5. The standard InChI is InChI=1S/C48H91NO5/c1-5-8-11-14-17-24-31-42(4)53-46(50)36-29-22-20-25-32-43(49-44-38-48(39-44)40-52-41-48)33-26-21-23-30-37-47(51)54-45(34-27-18-15-12-9-6-2)35-28-19-16-13-10-7-3/h42-45,49H,5-41H2,1-4H3. The van der Waals surface area contributed by atoms with E-state index in [4.69, 9.17) is 14.2 Å². The maximum absolute atomic E-state index is 12.9. The quantitative estimate of drug-likeness (QED) is 0.0497. The third-order valence-electron chi connectivity index (χ3n) is 12.4. The molecule has 6 nitrogen and oxygen atoms in total. The normalized spacial score (nSPS) is 16.3. The molecule has 1 heterocycles. The molecule has 318 valence electrons. The number of rotatable bonds is 39. The van der Waals surface area contributed by atoms with Gasteiger partial charge in [-0.15, -0.1) is 0 Å². The topological polar surface area (TPSA) is 73.9 Å². The Kier molecular flexibility index (Phi) is 29.9. The predicted octanol–water partition coefficient (Wildman–Crippen LogP) is 13.9. The van der Waals surface area contributed by atoms with Crippen LogP contribution in [0.3, 0.4) is 0 Å². The van der Waals surface area contributed by atoms with Gasteiger partial charge in [0.2, 0.25) is 0 Å². The van der Waals surface area contributed by atoms with Crippen LogP contribution in [-0.4, -0.2) is 49.4 Å². The van der Waals surface area contributed by atoms with Crippen molar-refractivity contribution in [2.45, 2.75) is 277 Å². The molecule has 2 fully saturated rings. The summed E-state index contributed by atoms with van der Waals surface area (Å²) < 4.78 is 17.3. The number of carbonyl (C=O) groups is 2. The van der Waals surface area contributed by atoms with Crippen molar-refractivity contribution in [3.8, 4) is 0 Å². The maximum atomic E-state index is 12.9. The second-order valence-corrected chi connectivity index (χ2v) is 17.9. The minimum Gasteiger partial charge on any atom is -0.463 e. The average Bonchev–Trinajstić information content (AvgIpc) is 3.12. The van der Waals surface area contributed by atoms with E-state index in [1.54, 1.807) is 0 Å². The second-order valence-electron chi connectivity index (χ2n) is 17.9. The minimum absolute atomic E-state index is 0.0127. The summed E-state index contributed by atoms with van der Waals surface area (Å²) >= 11 is 0. The van der Waals surface area contributed by atoms with Crippen molar-refractivity contribution >= 4 is 11.9 Å². The second kappa shape index (κ2) is 32.9. The molecule has 0 radical (unpaired) electrons. The highest BCUT2D eigenvalue weighted by Gasteiger charge is 2.49. The Labute approximate surface area is 335 Å². The summed E-state index contributed by atoms with van der Waals surface area (Å²) in [6.07, 6.45) is 41.4. The summed E-state index contributed by atoms with van der Waals surface area (Å²) in [5, 5.41) is 4.03. The molecule has 54 heavy (non-hydrogen) atoms. The Morgan fingerprint density at radius 1 is 0.537 bits per heavy atom. The van der Waals surface area contributed by atoms with E-state index in [0.717, 1.165) is 64.6 Å². The van der Waals surface area contributed by atoms with E-state index in [1.807, 2.05) is 0 Å². The zero-order valence-corrected chi connectivity index (χ0v) is 36.5. The lowest BCUT2D eigenvalue weighted by atomic mass is 9.64. The number of nitrogens with one attached hydrogen (secondary N) is 1. The Balaban J connectivity index is 1.60. The van der Waals surface area contributed by atoms with Gasteiger partial charge < -0.3 is 19.5 Å². The summed E-state index contributed by atoms with van der Waals surface area (Å²) in [5.41, 5.74) is 0.486. The van der Waals surface area contributed by atoms with Crippen LogP contribution in [0.5, 0.6) is 0 Å². The van der Waals surface area contributed by atoms with Gasteiger partial charge in [-0.3, -0.25) is 9.59 Å². The van der Waals surface area contributed by atoms with Crippen LogP contribution in [0.1, 0.15) is 252 Å². The smallest absolute Gasteiger partial charge is 0.306 e. The molecule has 1 aliphatic heterocycles. The van der Waals surface area contributed by atoms with Crippen molar-refractivity contribution in [1.82, 2.24) is 5.32 Å². The zero-order valence-electron chi connectivity index (χ0n) is 36.5. The first-order valence-electron chi connectivity index (χ1n) is 24.1. The fourth-order valence-corrected chi connectivity index (χ4v) is 8.77. The van der Waals surface area contributed by atoms with E-state index in [-0.39, 0.29) is 24.1 Å². The number of esters is 2. The van der Waals surface area contributed by atoms with Gasteiger partial charge in [0.1, 0.15) is 6.10 Å². The fraction of sp³-hybridized carbons (Fsp3) is 0.958. The SMILES string of the molecule is CCCCCCCCC(C)OC(=O)CCCCCCC(CCCCCCC(=O)OC(CCCCCCCC)CCCCCCCC)NC1CC2(COC2)C1. The Morgan fingerprint density at radius 3 is 1.37 bits per heavy atom. The molecule has 1 aliphatic carbocycles. The molecule has 1 saturated heterocycles. The van der Waals surface area contributed by atoms with Crippen LogP contribution < -0.4 is 5.32 Å². The largest absolute Gasteiger partial charge is 0.463 e. The van der Waals surface area contributed by atoms with Crippen LogP contribution in [0, 0.1) is 5.41 Å². The van der Waals surface area contributed by atoms with Crippen molar-refractivity contribution in [1.29, 1.82) is 0 Å². The summed E-state index contributed by atoms with van der Waals surface area (Å²) in [5.74, 6) is 0.0210. The average molecular weight is 762 g/mol. The van der Waals surface area contributed by atoms with Crippen molar-refractivity contribution in [3.05, 3.63) is 0 Å². The van der Waals surface area contributed by atoms with Gasteiger partial charge in [-0.25, -0.2) is 0 Å². The van der Waals surface area contributed by atoms with Crippen LogP contribution in [0.25, 0.3) is 0 Å². The van der Waals surface area contributed by atoms with Crippen molar-refractivity contribution in [2.75, 3.05) is 13.2 Å². The number of carbonyl (C=O) groups excluding carboxylic acids is 2. The van der Waals surface area contributed by atoms with Gasteiger partial charge in [-0.1, -0.05) is 156 Å². The summed E-state index contributed by atoms with van der Waals surface area (Å²) in [4.78, 5) is 25.2. The molecule has 2 atom stereocenters. The highest BCUT2D eigenvalue weighted by atomic mass is 16.5. The molecule has 1 N–H and O–H groups in total. The van der Waals surface area contributed by atoms with Crippen molar-refractivity contribution < 1.29 is 23.8 Å². The van der Waals surface area contributed by atoms with Gasteiger partial charge in [0.15, 0.2) is 0 Å². The van der Waals surface area contributed by atoms with Crippen molar-refractivity contribution in [2.24, 2.45) is 5.41 Å². The maximum Gasteiger partial charge on any atom is 0.306 e. The van der Waals surface area contributed by atoms with Crippen LogP contribution in [0.4, 0.5) is 0 Å². The van der Waals surface area contributed by atoms with Crippen LogP contribution >= 0.6 is 0 Å². The highest BCUT2D eigenvalue weighted by Crippen LogP contribution is 2.47. The molecule has 2 unspecified atom stereocenters. The van der Waals surface area contributed by atoms with E-state index in [9.17, 15) is 9.59 Å². The first kappa shape index (κ1) is 49.0. The zero-order chi connectivity index (χ0) is 39.0. The lowest BCUT2D eigenvalue weighted by Gasteiger charge is -2.54.